The lowest BCUT2D eigenvalue weighted by Gasteiger charge is -2.35. The summed E-state index contributed by atoms with van der Waals surface area (Å²) in [6.45, 7) is 7.38. The van der Waals surface area contributed by atoms with E-state index in [0.29, 0.717) is 43.3 Å². The van der Waals surface area contributed by atoms with Gasteiger partial charge in [0.05, 0.1) is 4.90 Å². The number of nitrogens with one attached hydrogen (secondary N) is 2. The normalized spacial score (nSPS) is 17.1. The molecule has 0 aromatic heterocycles. The lowest BCUT2D eigenvalue weighted by molar-refractivity contribution is -0.132. The van der Waals surface area contributed by atoms with Gasteiger partial charge in [0.1, 0.15) is 0 Å². The summed E-state index contributed by atoms with van der Waals surface area (Å²) in [6.07, 6.45) is 2.12. The van der Waals surface area contributed by atoms with E-state index in [0.717, 1.165) is 6.42 Å². The van der Waals surface area contributed by atoms with Crippen LogP contribution in [0.1, 0.15) is 40.0 Å². The minimum atomic E-state index is -3.48. The van der Waals surface area contributed by atoms with Crippen molar-refractivity contribution in [3.05, 3.63) is 30.3 Å². The maximum atomic E-state index is 12.9. The van der Waals surface area contributed by atoms with E-state index >= 15 is 0 Å². The molecule has 1 saturated heterocycles. The summed E-state index contributed by atoms with van der Waals surface area (Å²) in [4.78, 5) is 14.7. The van der Waals surface area contributed by atoms with E-state index in [1.807, 2.05) is 6.92 Å². The third kappa shape index (κ3) is 6.02. The Morgan fingerprint density at radius 2 is 1.79 bits per heavy atom. The van der Waals surface area contributed by atoms with E-state index in [9.17, 15) is 13.2 Å². The van der Waals surface area contributed by atoms with Crippen LogP contribution in [0.2, 0.25) is 0 Å². The Bertz CT molecular complexity index is 787. The molecule has 2 N–H and O–H groups in total. The second-order valence-electron chi connectivity index (χ2n) is 8.24. The fourth-order valence-electron chi connectivity index (χ4n) is 3.83. The first-order valence-corrected chi connectivity index (χ1v) is 11.7. The third-order valence-electron chi connectivity index (χ3n) is 5.41. The fourth-order valence-corrected chi connectivity index (χ4v) is 5.32. The molecule has 0 bridgehead atoms. The summed E-state index contributed by atoms with van der Waals surface area (Å²) >= 11 is 0. The Labute approximate surface area is 175 Å². The zero-order chi connectivity index (χ0) is 21.6. The van der Waals surface area contributed by atoms with E-state index < -0.39 is 10.0 Å². The number of nitrogens with zero attached hydrogens (tertiary/aromatic N) is 2. The number of hydrogen-bond donors (Lipinski definition) is 2. The van der Waals surface area contributed by atoms with E-state index in [1.54, 1.807) is 37.4 Å². The highest BCUT2D eigenvalue weighted by Gasteiger charge is 2.32. The van der Waals surface area contributed by atoms with E-state index in [2.05, 4.69) is 19.2 Å². The molecule has 0 radical (unpaired) electrons. The molecule has 2 rings (SSSR count). The number of hydrogen-bond acceptors (Lipinski definition) is 4. The van der Waals surface area contributed by atoms with Gasteiger partial charge in [0.15, 0.2) is 5.96 Å². The van der Waals surface area contributed by atoms with E-state index in [4.69, 9.17) is 5.41 Å². The summed E-state index contributed by atoms with van der Waals surface area (Å²) in [5.41, 5.74) is 0. The topological polar surface area (TPSA) is 93.6 Å². The van der Waals surface area contributed by atoms with Crippen LogP contribution in [0.15, 0.2) is 35.2 Å². The maximum absolute atomic E-state index is 12.9. The summed E-state index contributed by atoms with van der Waals surface area (Å²) in [5, 5.41) is 10.9. The molecule has 1 aromatic rings. The Morgan fingerprint density at radius 1 is 1.21 bits per heavy atom. The molecular formula is C21H34N4O3S. The molecule has 0 spiro atoms. The highest BCUT2D eigenvalue weighted by Crippen LogP contribution is 2.25. The second-order valence-corrected chi connectivity index (χ2v) is 10.2. The van der Waals surface area contributed by atoms with Gasteiger partial charge in [0.2, 0.25) is 15.9 Å². The quantitative estimate of drug-likeness (QED) is 0.522. The van der Waals surface area contributed by atoms with Gasteiger partial charge in [-0.1, -0.05) is 39.0 Å². The van der Waals surface area contributed by atoms with Gasteiger partial charge in [-0.2, -0.15) is 4.31 Å². The molecule has 7 nitrogen and oxygen atoms in total. The van der Waals surface area contributed by atoms with Crippen LogP contribution >= 0.6 is 0 Å². The smallest absolute Gasteiger partial charge is 0.243 e. The average Bonchev–Trinajstić information content (AvgIpc) is 2.71. The van der Waals surface area contributed by atoms with Gasteiger partial charge < -0.3 is 5.32 Å². The number of rotatable bonds is 7. The minimum absolute atomic E-state index is 0.0441. The van der Waals surface area contributed by atoms with Crippen LogP contribution in [0.25, 0.3) is 0 Å². The zero-order valence-electron chi connectivity index (χ0n) is 17.9. The monoisotopic (exact) mass is 422 g/mol. The standard InChI is InChI=1S/C21H34N4O3S/c1-16(2)14-17(3)20(26)25(21(22)23-4)15-18-10-12-24(13-11-18)29(27,28)19-8-6-5-7-9-19/h5-9,16-18H,10-15H2,1-4H3,(H2,22,23). The number of piperidine rings is 1. The molecule has 1 amide bonds. The fraction of sp³-hybridized carbons (Fsp3) is 0.619. The third-order valence-corrected chi connectivity index (χ3v) is 7.33. The Kier molecular flexibility index (Phi) is 8.22. The number of sulfonamides is 1. The number of amides is 1. The number of carbonyl (C=O) groups excluding carboxylic acids is 1. The number of benzene rings is 1. The molecule has 1 heterocycles. The van der Waals surface area contributed by atoms with Crippen LogP contribution in [-0.4, -0.2) is 56.2 Å². The minimum Gasteiger partial charge on any atom is -0.359 e. The average molecular weight is 423 g/mol. The molecule has 1 unspecified atom stereocenters. The highest BCUT2D eigenvalue weighted by molar-refractivity contribution is 7.89. The molecule has 1 atom stereocenters. The number of guanidine groups is 1. The summed E-state index contributed by atoms with van der Waals surface area (Å²) < 4.78 is 27.1. The van der Waals surface area contributed by atoms with Crippen molar-refractivity contribution in [1.82, 2.24) is 14.5 Å². The van der Waals surface area contributed by atoms with Crippen molar-refractivity contribution in [3.63, 3.8) is 0 Å². The first-order valence-electron chi connectivity index (χ1n) is 10.3. The van der Waals surface area contributed by atoms with Gasteiger partial charge in [0, 0.05) is 32.6 Å². The van der Waals surface area contributed by atoms with Crippen molar-refractivity contribution < 1.29 is 13.2 Å². The lowest BCUT2D eigenvalue weighted by Crippen LogP contribution is -2.49. The molecule has 162 valence electrons. The molecule has 29 heavy (non-hydrogen) atoms. The van der Waals surface area contributed by atoms with Crippen molar-refractivity contribution in [2.45, 2.75) is 44.9 Å². The van der Waals surface area contributed by atoms with Gasteiger partial charge in [-0.15, -0.1) is 0 Å². The highest BCUT2D eigenvalue weighted by atomic mass is 32.2. The van der Waals surface area contributed by atoms with Gasteiger partial charge >= 0.3 is 0 Å². The Hall–Kier alpha value is -1.93. The van der Waals surface area contributed by atoms with E-state index in [-0.39, 0.29) is 23.7 Å². The van der Waals surface area contributed by atoms with Crippen LogP contribution in [0.5, 0.6) is 0 Å². The van der Waals surface area contributed by atoms with Crippen molar-refractivity contribution in [2.24, 2.45) is 17.8 Å². The first-order chi connectivity index (χ1) is 13.7. The Balaban J connectivity index is 2.01. The predicted octanol–water partition coefficient (Wildman–Crippen LogP) is 2.75. The van der Waals surface area contributed by atoms with E-state index in [1.165, 1.54) is 9.21 Å². The molecule has 0 saturated carbocycles. The van der Waals surface area contributed by atoms with Crippen LogP contribution < -0.4 is 5.32 Å². The zero-order valence-corrected chi connectivity index (χ0v) is 18.7. The van der Waals surface area contributed by atoms with Crippen LogP contribution in [0, 0.1) is 23.2 Å². The maximum Gasteiger partial charge on any atom is 0.243 e. The van der Waals surface area contributed by atoms with Gasteiger partial charge in [-0.05, 0) is 43.2 Å². The van der Waals surface area contributed by atoms with Crippen LogP contribution in [0.4, 0.5) is 0 Å². The van der Waals surface area contributed by atoms with Gasteiger partial charge in [-0.3, -0.25) is 15.1 Å². The molecule has 1 fully saturated rings. The molecule has 8 heteroatoms. The van der Waals surface area contributed by atoms with Gasteiger partial charge in [-0.25, -0.2) is 8.42 Å². The summed E-state index contributed by atoms with van der Waals surface area (Å²) in [5.74, 6) is 0.483. The summed E-state index contributed by atoms with van der Waals surface area (Å²) in [7, 11) is -1.84. The molecule has 0 aliphatic carbocycles. The Morgan fingerprint density at radius 3 is 2.31 bits per heavy atom. The van der Waals surface area contributed by atoms with Gasteiger partial charge in [0.25, 0.3) is 0 Å². The van der Waals surface area contributed by atoms with Crippen LogP contribution in [-0.2, 0) is 14.8 Å². The number of carbonyl (C=O) groups is 1. The molecular weight excluding hydrogens is 388 g/mol. The summed E-state index contributed by atoms with van der Waals surface area (Å²) in [6, 6.07) is 8.49. The van der Waals surface area contributed by atoms with Crippen molar-refractivity contribution >= 4 is 21.9 Å². The van der Waals surface area contributed by atoms with Crippen molar-refractivity contribution in [2.75, 3.05) is 26.7 Å². The largest absolute Gasteiger partial charge is 0.359 e. The molecule has 1 aliphatic heterocycles. The molecule has 1 aromatic carbocycles. The SMILES string of the molecule is CNC(=N)N(CC1CCN(S(=O)(=O)c2ccccc2)CC1)C(=O)C(C)CC(C)C. The predicted molar refractivity (Wildman–Crippen MR) is 115 cm³/mol. The van der Waals surface area contributed by atoms with Crippen molar-refractivity contribution in [3.8, 4) is 0 Å². The lowest BCUT2D eigenvalue weighted by atomic mass is 9.95. The second kappa shape index (κ2) is 10.2. The van der Waals surface area contributed by atoms with Crippen molar-refractivity contribution in [1.29, 1.82) is 5.41 Å². The first kappa shape index (κ1) is 23.3. The molecule has 1 aliphatic rings. The van der Waals surface area contributed by atoms with Crippen LogP contribution in [0.3, 0.4) is 0 Å².